The first-order chi connectivity index (χ1) is 11.8. The Morgan fingerprint density at radius 3 is 2.50 bits per heavy atom. The lowest BCUT2D eigenvalue weighted by molar-refractivity contribution is -0.123. The lowest BCUT2D eigenvalue weighted by Crippen LogP contribution is -2.45. The van der Waals surface area contributed by atoms with Crippen LogP contribution in [0.2, 0.25) is 0 Å². The van der Waals surface area contributed by atoms with Gasteiger partial charge in [0, 0.05) is 44.5 Å². The standard InChI is InChI=1S/C20H31N3O/c24-20(16-18-4-2-1-3-5-18)22-19-9-14-23(15-10-19)13-8-17-6-11-21-12-7-17/h6-7,11-12,18-19H,1-5,8-10,13-16H2,(H,22,24). The molecule has 24 heavy (non-hydrogen) atoms. The van der Waals surface area contributed by atoms with E-state index in [1.165, 1.54) is 37.7 Å². The monoisotopic (exact) mass is 329 g/mol. The summed E-state index contributed by atoms with van der Waals surface area (Å²) in [5.74, 6) is 0.927. The Labute approximate surface area is 146 Å². The number of hydrogen-bond donors (Lipinski definition) is 1. The molecule has 0 radical (unpaired) electrons. The first-order valence-corrected chi connectivity index (χ1v) is 9.70. The zero-order valence-corrected chi connectivity index (χ0v) is 14.8. The molecule has 2 fully saturated rings. The summed E-state index contributed by atoms with van der Waals surface area (Å²) in [5, 5.41) is 3.29. The van der Waals surface area contributed by atoms with Gasteiger partial charge >= 0.3 is 0 Å². The number of pyridine rings is 1. The van der Waals surface area contributed by atoms with E-state index < -0.39 is 0 Å². The van der Waals surface area contributed by atoms with Gasteiger partial charge in [0.25, 0.3) is 0 Å². The summed E-state index contributed by atoms with van der Waals surface area (Å²) in [5.41, 5.74) is 1.35. The van der Waals surface area contributed by atoms with Crippen LogP contribution in [0.5, 0.6) is 0 Å². The molecule has 4 nitrogen and oxygen atoms in total. The largest absolute Gasteiger partial charge is 0.353 e. The minimum atomic E-state index is 0.289. The molecule has 2 aliphatic rings. The van der Waals surface area contributed by atoms with Crippen LogP contribution in [0.25, 0.3) is 0 Å². The minimum Gasteiger partial charge on any atom is -0.353 e. The highest BCUT2D eigenvalue weighted by Gasteiger charge is 2.22. The van der Waals surface area contributed by atoms with Crippen LogP contribution in [0.1, 0.15) is 56.9 Å². The molecule has 1 amide bonds. The summed E-state index contributed by atoms with van der Waals surface area (Å²) in [6.07, 6.45) is 14.2. The minimum absolute atomic E-state index is 0.289. The van der Waals surface area contributed by atoms with Crippen LogP contribution in [-0.4, -0.2) is 41.5 Å². The number of aromatic nitrogens is 1. The quantitative estimate of drug-likeness (QED) is 0.872. The number of nitrogens with zero attached hydrogens (tertiary/aromatic N) is 2. The predicted octanol–water partition coefficient (Wildman–Crippen LogP) is 3.18. The Kier molecular flexibility index (Phi) is 6.65. The number of rotatable bonds is 6. The van der Waals surface area contributed by atoms with E-state index in [0.29, 0.717) is 12.0 Å². The van der Waals surface area contributed by atoms with Gasteiger partial charge in [-0.3, -0.25) is 9.78 Å². The molecule has 1 saturated carbocycles. The van der Waals surface area contributed by atoms with Crippen molar-refractivity contribution in [2.45, 2.75) is 63.8 Å². The van der Waals surface area contributed by atoms with Gasteiger partial charge in [0.15, 0.2) is 0 Å². The third-order valence-corrected chi connectivity index (χ3v) is 5.62. The molecule has 0 atom stereocenters. The van der Waals surface area contributed by atoms with Crippen LogP contribution >= 0.6 is 0 Å². The van der Waals surface area contributed by atoms with Gasteiger partial charge in [-0.25, -0.2) is 0 Å². The zero-order valence-electron chi connectivity index (χ0n) is 14.8. The van der Waals surface area contributed by atoms with E-state index >= 15 is 0 Å². The molecule has 1 aliphatic heterocycles. The Morgan fingerprint density at radius 1 is 1.08 bits per heavy atom. The summed E-state index contributed by atoms with van der Waals surface area (Å²) < 4.78 is 0. The average molecular weight is 329 g/mol. The molecule has 1 aliphatic carbocycles. The van der Waals surface area contributed by atoms with Crippen LogP contribution in [0.15, 0.2) is 24.5 Å². The van der Waals surface area contributed by atoms with Crippen LogP contribution in [0, 0.1) is 5.92 Å². The van der Waals surface area contributed by atoms with Crippen molar-refractivity contribution in [3.8, 4) is 0 Å². The molecule has 1 N–H and O–H groups in total. The van der Waals surface area contributed by atoms with Crippen LogP contribution in [0.4, 0.5) is 0 Å². The highest BCUT2D eigenvalue weighted by atomic mass is 16.1. The normalized spacial score (nSPS) is 20.8. The smallest absolute Gasteiger partial charge is 0.220 e. The summed E-state index contributed by atoms with van der Waals surface area (Å²) in [7, 11) is 0. The average Bonchev–Trinajstić information content (AvgIpc) is 2.63. The highest BCUT2D eigenvalue weighted by Crippen LogP contribution is 2.26. The van der Waals surface area contributed by atoms with Gasteiger partial charge in [-0.05, 0) is 55.7 Å². The fourth-order valence-electron chi connectivity index (χ4n) is 4.08. The number of carbonyl (C=O) groups excluding carboxylic acids is 1. The van der Waals surface area contributed by atoms with Gasteiger partial charge < -0.3 is 10.2 Å². The number of carbonyl (C=O) groups is 1. The third kappa shape index (κ3) is 5.59. The molecule has 3 rings (SSSR count). The SMILES string of the molecule is O=C(CC1CCCCC1)NC1CCN(CCc2ccncc2)CC1. The second-order valence-corrected chi connectivity index (χ2v) is 7.50. The molecule has 1 saturated heterocycles. The first kappa shape index (κ1) is 17.4. The van der Waals surface area contributed by atoms with E-state index in [1.54, 1.807) is 0 Å². The molecule has 0 spiro atoms. The number of nitrogens with one attached hydrogen (secondary N) is 1. The zero-order chi connectivity index (χ0) is 16.6. The fourth-order valence-corrected chi connectivity index (χ4v) is 4.08. The summed E-state index contributed by atoms with van der Waals surface area (Å²) >= 11 is 0. The number of hydrogen-bond acceptors (Lipinski definition) is 3. The van der Waals surface area contributed by atoms with E-state index in [1.807, 2.05) is 12.4 Å². The maximum Gasteiger partial charge on any atom is 0.220 e. The number of likely N-dealkylation sites (tertiary alicyclic amines) is 1. The van der Waals surface area contributed by atoms with Gasteiger partial charge in [-0.2, -0.15) is 0 Å². The molecule has 1 aromatic rings. The highest BCUT2D eigenvalue weighted by molar-refractivity contribution is 5.76. The number of piperidine rings is 1. The number of amides is 1. The van der Waals surface area contributed by atoms with E-state index in [4.69, 9.17) is 0 Å². The summed E-state index contributed by atoms with van der Waals surface area (Å²) in [4.78, 5) is 18.8. The topological polar surface area (TPSA) is 45.2 Å². The molecule has 132 valence electrons. The molecular weight excluding hydrogens is 298 g/mol. The predicted molar refractivity (Wildman–Crippen MR) is 96.7 cm³/mol. The van der Waals surface area contributed by atoms with Crippen molar-refractivity contribution < 1.29 is 4.79 Å². The van der Waals surface area contributed by atoms with Crippen molar-refractivity contribution in [2.75, 3.05) is 19.6 Å². The maximum absolute atomic E-state index is 12.2. The van der Waals surface area contributed by atoms with Gasteiger partial charge in [0.2, 0.25) is 5.91 Å². The Bertz CT molecular complexity index is 491. The van der Waals surface area contributed by atoms with Crippen molar-refractivity contribution in [2.24, 2.45) is 5.92 Å². The van der Waals surface area contributed by atoms with Crippen molar-refractivity contribution in [1.29, 1.82) is 0 Å². The first-order valence-electron chi connectivity index (χ1n) is 9.70. The van der Waals surface area contributed by atoms with Crippen molar-refractivity contribution in [3.63, 3.8) is 0 Å². The van der Waals surface area contributed by atoms with Crippen LogP contribution in [-0.2, 0) is 11.2 Å². The van der Waals surface area contributed by atoms with Crippen LogP contribution in [0.3, 0.4) is 0 Å². The molecule has 0 bridgehead atoms. The van der Waals surface area contributed by atoms with E-state index in [0.717, 1.165) is 45.3 Å². The van der Waals surface area contributed by atoms with Crippen LogP contribution < -0.4 is 5.32 Å². The third-order valence-electron chi connectivity index (χ3n) is 5.62. The van der Waals surface area contributed by atoms with Gasteiger partial charge in [-0.15, -0.1) is 0 Å². The second kappa shape index (κ2) is 9.16. The second-order valence-electron chi connectivity index (χ2n) is 7.50. The molecule has 4 heteroatoms. The molecule has 2 heterocycles. The maximum atomic E-state index is 12.2. The van der Waals surface area contributed by atoms with Crippen molar-refractivity contribution >= 4 is 5.91 Å². The summed E-state index contributed by atoms with van der Waals surface area (Å²) in [6, 6.07) is 4.58. The molecular formula is C20H31N3O. The van der Waals surface area contributed by atoms with E-state index in [2.05, 4.69) is 27.3 Å². The Hall–Kier alpha value is -1.42. The fraction of sp³-hybridized carbons (Fsp3) is 0.700. The lowest BCUT2D eigenvalue weighted by atomic mass is 9.86. The van der Waals surface area contributed by atoms with E-state index in [-0.39, 0.29) is 5.91 Å². The van der Waals surface area contributed by atoms with Gasteiger partial charge in [-0.1, -0.05) is 19.3 Å². The van der Waals surface area contributed by atoms with Gasteiger partial charge in [0.05, 0.1) is 0 Å². The molecule has 1 aromatic heterocycles. The molecule has 0 unspecified atom stereocenters. The molecule has 0 aromatic carbocycles. The van der Waals surface area contributed by atoms with Crippen molar-refractivity contribution in [3.05, 3.63) is 30.1 Å². The Balaban J connectivity index is 1.32. The Morgan fingerprint density at radius 2 is 1.79 bits per heavy atom. The van der Waals surface area contributed by atoms with Crippen molar-refractivity contribution in [1.82, 2.24) is 15.2 Å². The lowest BCUT2D eigenvalue weighted by Gasteiger charge is -2.32. The summed E-state index contributed by atoms with van der Waals surface area (Å²) in [6.45, 7) is 3.30. The van der Waals surface area contributed by atoms with Gasteiger partial charge in [0.1, 0.15) is 0 Å². The van der Waals surface area contributed by atoms with E-state index in [9.17, 15) is 4.79 Å².